The van der Waals surface area contributed by atoms with Crippen LogP contribution in [0.5, 0.6) is 0 Å². The van der Waals surface area contributed by atoms with E-state index in [0.29, 0.717) is 11.4 Å². The molecule has 162 valence electrons. The van der Waals surface area contributed by atoms with Gasteiger partial charge in [0.15, 0.2) is 0 Å². The first-order valence-corrected chi connectivity index (χ1v) is 10.3. The van der Waals surface area contributed by atoms with E-state index in [0.717, 1.165) is 11.3 Å². The molecule has 3 aliphatic rings. The van der Waals surface area contributed by atoms with Gasteiger partial charge >= 0.3 is 5.97 Å². The predicted octanol–water partition coefficient (Wildman–Crippen LogP) is 3.79. The van der Waals surface area contributed by atoms with Gasteiger partial charge in [-0.2, -0.15) is 10.2 Å². The summed E-state index contributed by atoms with van der Waals surface area (Å²) >= 11 is 0. The van der Waals surface area contributed by atoms with Gasteiger partial charge in [0.05, 0.1) is 35.0 Å². The second-order valence-electron chi connectivity index (χ2n) is 8.24. The molecule has 5 rings (SSSR count). The maximum absolute atomic E-state index is 13.3. The van der Waals surface area contributed by atoms with Gasteiger partial charge in [0.25, 0.3) is 0 Å². The number of rotatable bonds is 5. The molecule has 0 unspecified atom stereocenters. The van der Waals surface area contributed by atoms with Crippen LogP contribution in [0, 0.1) is 18.8 Å². The number of aryl methyl sites for hydroxylation is 1. The Bertz CT molecular complexity index is 1160. The number of nitrogens with zero attached hydrogens (tertiary/aromatic N) is 3. The standard InChI is InChI=1S/C24H21N3O5/c1-14-3-5-16(6-4-14)25-26-17-7-9-18(10-8-17)27-22(29)20-19-11-12-24(32-19,13-31-15(2)28)21(20)23(27)30/h3-12,19-21H,13H2,1-2H3/t19-,20+,21+,24-/m1/s1. The van der Waals surface area contributed by atoms with Crippen molar-refractivity contribution in [1.82, 2.24) is 0 Å². The molecule has 0 N–H and O–H groups in total. The van der Waals surface area contributed by atoms with Crippen molar-refractivity contribution in [2.75, 3.05) is 11.5 Å². The minimum absolute atomic E-state index is 0.0955. The summed E-state index contributed by atoms with van der Waals surface area (Å²) in [4.78, 5) is 38.9. The summed E-state index contributed by atoms with van der Waals surface area (Å²) in [6.07, 6.45) is 3.01. The largest absolute Gasteiger partial charge is 0.462 e. The van der Waals surface area contributed by atoms with Gasteiger partial charge in [0.2, 0.25) is 11.8 Å². The smallest absolute Gasteiger partial charge is 0.302 e. The van der Waals surface area contributed by atoms with Gasteiger partial charge in [-0.25, -0.2) is 4.90 Å². The molecule has 2 bridgehead atoms. The van der Waals surface area contributed by atoms with Crippen molar-refractivity contribution in [3.8, 4) is 0 Å². The van der Waals surface area contributed by atoms with Gasteiger partial charge in [0, 0.05) is 6.92 Å². The first-order chi connectivity index (χ1) is 15.4. The van der Waals surface area contributed by atoms with Crippen LogP contribution in [0.15, 0.2) is 70.9 Å². The molecule has 2 fully saturated rings. The Balaban J connectivity index is 1.36. The second-order valence-corrected chi connectivity index (χ2v) is 8.24. The lowest BCUT2D eigenvalue weighted by molar-refractivity contribution is -0.150. The second kappa shape index (κ2) is 7.49. The highest BCUT2D eigenvalue weighted by molar-refractivity contribution is 6.23. The van der Waals surface area contributed by atoms with Crippen molar-refractivity contribution in [3.05, 3.63) is 66.2 Å². The topological polar surface area (TPSA) is 97.6 Å². The van der Waals surface area contributed by atoms with Crippen LogP contribution in [0.25, 0.3) is 0 Å². The molecule has 0 spiro atoms. The number of anilines is 1. The normalized spacial score (nSPS) is 28.1. The van der Waals surface area contributed by atoms with Crippen LogP contribution in [-0.2, 0) is 23.9 Å². The fraction of sp³-hybridized carbons (Fsp3) is 0.292. The van der Waals surface area contributed by atoms with Gasteiger partial charge in [-0.3, -0.25) is 14.4 Å². The quantitative estimate of drug-likeness (QED) is 0.311. The summed E-state index contributed by atoms with van der Waals surface area (Å²) in [7, 11) is 0. The highest BCUT2D eigenvalue weighted by atomic mass is 16.6. The molecule has 0 saturated carbocycles. The SMILES string of the molecule is CC(=O)OC[C@@]12C=C[C@@H](O1)[C@@H]1C(=O)N(c3ccc(N=Nc4ccc(C)cc4)cc3)C(=O)[C@H]12. The molecule has 3 aliphatic heterocycles. The van der Waals surface area contributed by atoms with Crippen LogP contribution in [0.2, 0.25) is 0 Å². The number of esters is 1. The van der Waals surface area contributed by atoms with E-state index < -0.39 is 29.5 Å². The molecule has 2 aromatic rings. The van der Waals surface area contributed by atoms with Crippen molar-refractivity contribution >= 4 is 34.8 Å². The molecule has 3 heterocycles. The van der Waals surface area contributed by atoms with Gasteiger partial charge < -0.3 is 9.47 Å². The number of imide groups is 1. The molecule has 8 heteroatoms. The third-order valence-electron chi connectivity index (χ3n) is 6.08. The summed E-state index contributed by atoms with van der Waals surface area (Å²) in [5.74, 6) is -2.47. The Labute approximate surface area is 184 Å². The van der Waals surface area contributed by atoms with E-state index in [4.69, 9.17) is 9.47 Å². The minimum Gasteiger partial charge on any atom is -0.462 e. The molecule has 2 aromatic carbocycles. The lowest BCUT2D eigenvalue weighted by Crippen LogP contribution is -2.44. The van der Waals surface area contributed by atoms with Crippen molar-refractivity contribution in [2.45, 2.75) is 25.6 Å². The zero-order valence-corrected chi connectivity index (χ0v) is 17.6. The number of ether oxygens (including phenoxy) is 2. The molecule has 32 heavy (non-hydrogen) atoms. The fourth-order valence-electron chi connectivity index (χ4n) is 4.53. The van der Waals surface area contributed by atoms with E-state index in [2.05, 4.69) is 10.2 Å². The Morgan fingerprint density at radius 1 is 1.03 bits per heavy atom. The Hall–Kier alpha value is -3.65. The van der Waals surface area contributed by atoms with Crippen LogP contribution >= 0.6 is 0 Å². The highest BCUT2D eigenvalue weighted by Gasteiger charge is 2.68. The van der Waals surface area contributed by atoms with Crippen LogP contribution in [-0.4, -0.2) is 36.1 Å². The van der Waals surface area contributed by atoms with Crippen molar-refractivity contribution in [2.24, 2.45) is 22.1 Å². The van der Waals surface area contributed by atoms with Crippen molar-refractivity contribution < 1.29 is 23.9 Å². The lowest BCUT2D eigenvalue weighted by atomic mass is 9.77. The average molecular weight is 431 g/mol. The molecule has 0 aliphatic carbocycles. The van der Waals surface area contributed by atoms with E-state index in [1.54, 1.807) is 36.4 Å². The summed E-state index contributed by atoms with van der Waals surface area (Å²) in [5.41, 5.74) is 1.85. The molecule has 0 radical (unpaired) electrons. The summed E-state index contributed by atoms with van der Waals surface area (Å²) in [6, 6.07) is 14.4. The number of carbonyl (C=O) groups is 3. The Morgan fingerprint density at radius 2 is 1.66 bits per heavy atom. The van der Waals surface area contributed by atoms with Crippen molar-refractivity contribution in [3.63, 3.8) is 0 Å². The zero-order valence-electron chi connectivity index (χ0n) is 17.6. The third-order valence-corrected chi connectivity index (χ3v) is 6.08. The van der Waals surface area contributed by atoms with Gasteiger partial charge in [-0.05, 0) is 49.4 Å². The van der Waals surface area contributed by atoms with Crippen molar-refractivity contribution in [1.29, 1.82) is 0 Å². The van der Waals surface area contributed by atoms with Gasteiger partial charge in [-0.1, -0.05) is 23.8 Å². The van der Waals surface area contributed by atoms with E-state index in [-0.39, 0.29) is 18.4 Å². The van der Waals surface area contributed by atoms with E-state index in [1.165, 1.54) is 11.8 Å². The molecular weight excluding hydrogens is 410 g/mol. The minimum atomic E-state index is -1.09. The molecule has 2 saturated heterocycles. The zero-order chi connectivity index (χ0) is 22.5. The predicted molar refractivity (Wildman–Crippen MR) is 115 cm³/mol. The average Bonchev–Trinajstić information content (AvgIpc) is 3.43. The van der Waals surface area contributed by atoms with Crippen LogP contribution in [0.1, 0.15) is 12.5 Å². The van der Waals surface area contributed by atoms with Crippen LogP contribution in [0.3, 0.4) is 0 Å². The van der Waals surface area contributed by atoms with E-state index in [1.807, 2.05) is 31.2 Å². The maximum Gasteiger partial charge on any atom is 0.302 e. The molecule has 2 amide bonds. The molecular formula is C24H21N3O5. The molecule has 4 atom stereocenters. The monoisotopic (exact) mass is 431 g/mol. The molecule has 0 aromatic heterocycles. The van der Waals surface area contributed by atoms with Crippen LogP contribution in [0.4, 0.5) is 17.1 Å². The number of fused-ring (bicyclic) bond motifs is 5. The summed E-state index contributed by atoms with van der Waals surface area (Å²) < 4.78 is 11.1. The molecule has 8 nitrogen and oxygen atoms in total. The third kappa shape index (κ3) is 3.23. The Morgan fingerprint density at radius 3 is 2.28 bits per heavy atom. The number of amides is 2. The Kier molecular flexibility index (Phi) is 4.74. The lowest BCUT2D eigenvalue weighted by Gasteiger charge is -2.28. The number of benzene rings is 2. The van der Waals surface area contributed by atoms with Gasteiger partial charge in [-0.15, -0.1) is 0 Å². The number of azo groups is 1. The first kappa shape index (κ1) is 20.3. The van der Waals surface area contributed by atoms with Crippen LogP contribution < -0.4 is 4.90 Å². The number of hydrogen-bond acceptors (Lipinski definition) is 7. The van der Waals surface area contributed by atoms with E-state index in [9.17, 15) is 14.4 Å². The number of carbonyl (C=O) groups excluding carboxylic acids is 3. The highest BCUT2D eigenvalue weighted by Crippen LogP contribution is 2.52. The summed E-state index contributed by atoms with van der Waals surface area (Å²) in [6.45, 7) is 3.20. The van der Waals surface area contributed by atoms with Gasteiger partial charge in [0.1, 0.15) is 12.2 Å². The van der Waals surface area contributed by atoms with E-state index >= 15 is 0 Å². The fourth-order valence-corrected chi connectivity index (χ4v) is 4.53. The maximum atomic E-state index is 13.3. The first-order valence-electron chi connectivity index (χ1n) is 10.3. The number of hydrogen-bond donors (Lipinski definition) is 0. The summed E-state index contributed by atoms with van der Waals surface area (Å²) in [5, 5.41) is 8.42.